The maximum absolute atomic E-state index is 12.2. The van der Waals surface area contributed by atoms with E-state index in [1.807, 2.05) is 40.7 Å². The Labute approximate surface area is 138 Å². The lowest BCUT2D eigenvalue weighted by Crippen LogP contribution is -2.41. The second-order valence-electron chi connectivity index (χ2n) is 7.13. The Kier molecular flexibility index (Phi) is 6.61. The molecule has 2 amide bonds. The van der Waals surface area contributed by atoms with Gasteiger partial charge in [0.25, 0.3) is 0 Å². The van der Waals surface area contributed by atoms with Gasteiger partial charge in [-0.25, -0.2) is 4.79 Å². The first-order valence-corrected chi connectivity index (χ1v) is 7.87. The number of carbonyl (C=O) groups excluding carboxylic acids is 2. The van der Waals surface area contributed by atoms with Crippen molar-refractivity contribution in [1.82, 2.24) is 10.6 Å². The van der Waals surface area contributed by atoms with Crippen molar-refractivity contribution in [3.8, 4) is 5.75 Å². The van der Waals surface area contributed by atoms with Crippen LogP contribution in [0.2, 0.25) is 0 Å². The number of carbonyl (C=O) groups is 2. The maximum Gasteiger partial charge on any atom is 0.315 e. The van der Waals surface area contributed by atoms with Crippen molar-refractivity contribution in [2.24, 2.45) is 5.41 Å². The summed E-state index contributed by atoms with van der Waals surface area (Å²) in [6.07, 6.45) is 0. The van der Waals surface area contributed by atoms with Crippen molar-refractivity contribution in [2.45, 2.75) is 40.5 Å². The van der Waals surface area contributed by atoms with Crippen molar-refractivity contribution in [3.05, 3.63) is 29.3 Å². The maximum atomic E-state index is 12.2. The molecule has 0 atom stereocenters. The summed E-state index contributed by atoms with van der Waals surface area (Å²) in [6, 6.07) is 5.02. The number of ether oxygens (including phenoxy) is 1. The van der Waals surface area contributed by atoms with Gasteiger partial charge in [-0.3, -0.25) is 4.79 Å². The van der Waals surface area contributed by atoms with E-state index >= 15 is 0 Å². The van der Waals surface area contributed by atoms with Gasteiger partial charge in [0.1, 0.15) is 5.75 Å². The van der Waals surface area contributed by atoms with E-state index in [-0.39, 0.29) is 29.7 Å². The number of methoxy groups -OCH3 is 1. The summed E-state index contributed by atoms with van der Waals surface area (Å²) in [4.78, 5) is 23.9. The molecular weight excluding hydrogens is 292 g/mol. The van der Waals surface area contributed by atoms with Crippen molar-refractivity contribution < 1.29 is 14.3 Å². The highest BCUT2D eigenvalue weighted by molar-refractivity contribution is 5.99. The van der Waals surface area contributed by atoms with Crippen molar-refractivity contribution >= 4 is 11.8 Å². The standard InChI is InChI=1S/C18H28N2O3/c1-12(2)14-9-13(7-8-16(14)23-6)15(21)10-19-17(22)20-11-18(3,4)5/h7-9,12H,10-11H2,1-6H3,(H2,19,20,22). The first kappa shape index (κ1) is 19.0. The highest BCUT2D eigenvalue weighted by Gasteiger charge is 2.15. The zero-order valence-corrected chi connectivity index (χ0v) is 14.9. The summed E-state index contributed by atoms with van der Waals surface area (Å²) in [6.45, 7) is 10.7. The molecule has 1 aromatic carbocycles. The predicted molar refractivity (Wildman–Crippen MR) is 92.3 cm³/mol. The molecule has 0 aliphatic heterocycles. The van der Waals surface area contributed by atoms with Crippen LogP contribution >= 0.6 is 0 Å². The molecule has 0 aliphatic carbocycles. The molecule has 0 heterocycles. The average Bonchev–Trinajstić information content (AvgIpc) is 2.49. The summed E-state index contributed by atoms with van der Waals surface area (Å²) in [7, 11) is 1.61. The van der Waals surface area contributed by atoms with Gasteiger partial charge in [0.15, 0.2) is 5.78 Å². The number of ketones is 1. The number of hydrogen-bond acceptors (Lipinski definition) is 3. The molecule has 5 nitrogen and oxygen atoms in total. The van der Waals surface area contributed by atoms with Crippen LogP contribution in [0.1, 0.15) is 56.5 Å². The van der Waals surface area contributed by atoms with Gasteiger partial charge in [0.05, 0.1) is 13.7 Å². The molecule has 0 radical (unpaired) electrons. The number of nitrogens with one attached hydrogen (secondary N) is 2. The van der Waals surface area contributed by atoms with Crippen molar-refractivity contribution in [2.75, 3.05) is 20.2 Å². The van der Waals surface area contributed by atoms with Gasteiger partial charge in [-0.05, 0) is 35.1 Å². The van der Waals surface area contributed by atoms with Gasteiger partial charge in [0.2, 0.25) is 0 Å². The molecule has 1 aromatic rings. The fraction of sp³-hybridized carbons (Fsp3) is 0.556. The third kappa shape index (κ3) is 6.30. The van der Waals surface area contributed by atoms with E-state index in [1.54, 1.807) is 19.2 Å². The minimum absolute atomic E-state index is 0.00347. The minimum atomic E-state index is -0.328. The molecule has 0 aliphatic rings. The van der Waals surface area contributed by atoms with Crippen LogP contribution in [0.15, 0.2) is 18.2 Å². The third-order valence-electron chi connectivity index (χ3n) is 3.36. The molecule has 1 rings (SSSR count). The Hall–Kier alpha value is -2.04. The second-order valence-corrected chi connectivity index (χ2v) is 7.13. The molecular formula is C18H28N2O3. The lowest BCUT2D eigenvalue weighted by Gasteiger charge is -2.18. The molecule has 0 saturated carbocycles. The molecule has 2 N–H and O–H groups in total. The fourth-order valence-electron chi connectivity index (χ4n) is 2.03. The van der Waals surface area contributed by atoms with Gasteiger partial charge in [0, 0.05) is 12.1 Å². The van der Waals surface area contributed by atoms with Gasteiger partial charge < -0.3 is 15.4 Å². The van der Waals surface area contributed by atoms with E-state index in [0.717, 1.165) is 11.3 Å². The van der Waals surface area contributed by atoms with E-state index in [9.17, 15) is 9.59 Å². The normalized spacial score (nSPS) is 11.3. The number of urea groups is 1. The summed E-state index contributed by atoms with van der Waals surface area (Å²) < 4.78 is 5.31. The van der Waals surface area contributed by atoms with Gasteiger partial charge in [-0.2, -0.15) is 0 Å². The van der Waals surface area contributed by atoms with Crippen molar-refractivity contribution in [1.29, 1.82) is 0 Å². The van der Waals surface area contributed by atoms with Gasteiger partial charge in [-0.1, -0.05) is 34.6 Å². The van der Waals surface area contributed by atoms with Gasteiger partial charge >= 0.3 is 6.03 Å². The molecule has 0 saturated heterocycles. The summed E-state index contributed by atoms with van der Waals surface area (Å²) in [5.74, 6) is 0.897. The monoisotopic (exact) mass is 320 g/mol. The van der Waals surface area contributed by atoms with E-state index < -0.39 is 0 Å². The number of hydrogen-bond donors (Lipinski definition) is 2. The molecule has 5 heteroatoms. The van der Waals surface area contributed by atoms with Crippen LogP contribution in [-0.4, -0.2) is 32.0 Å². The van der Waals surface area contributed by atoms with Crippen LogP contribution in [0.4, 0.5) is 4.79 Å². The molecule has 0 fully saturated rings. The number of amides is 2. The third-order valence-corrected chi connectivity index (χ3v) is 3.36. The fourth-order valence-corrected chi connectivity index (χ4v) is 2.03. The van der Waals surface area contributed by atoms with Gasteiger partial charge in [-0.15, -0.1) is 0 Å². The number of Topliss-reactive ketones (excluding diaryl/α,β-unsaturated/α-hetero) is 1. The minimum Gasteiger partial charge on any atom is -0.496 e. The Morgan fingerprint density at radius 1 is 1.17 bits per heavy atom. The van der Waals surface area contributed by atoms with E-state index in [2.05, 4.69) is 10.6 Å². The Morgan fingerprint density at radius 3 is 2.35 bits per heavy atom. The molecule has 128 valence electrons. The SMILES string of the molecule is COc1ccc(C(=O)CNC(=O)NCC(C)(C)C)cc1C(C)C. The lowest BCUT2D eigenvalue weighted by atomic mass is 9.97. The van der Waals surface area contributed by atoms with Crippen molar-refractivity contribution in [3.63, 3.8) is 0 Å². The zero-order chi connectivity index (χ0) is 17.6. The summed E-state index contributed by atoms with van der Waals surface area (Å²) in [5, 5.41) is 5.35. The highest BCUT2D eigenvalue weighted by Crippen LogP contribution is 2.27. The second kappa shape index (κ2) is 7.99. The number of benzene rings is 1. The van der Waals surface area contributed by atoms with E-state index in [1.165, 1.54) is 0 Å². The van der Waals surface area contributed by atoms with Crippen LogP contribution in [0, 0.1) is 5.41 Å². The largest absolute Gasteiger partial charge is 0.496 e. The first-order chi connectivity index (χ1) is 10.6. The molecule has 0 bridgehead atoms. The first-order valence-electron chi connectivity index (χ1n) is 7.87. The van der Waals surface area contributed by atoms with Crippen LogP contribution in [0.5, 0.6) is 5.75 Å². The summed E-state index contributed by atoms with van der Waals surface area (Å²) >= 11 is 0. The smallest absolute Gasteiger partial charge is 0.315 e. The molecule has 23 heavy (non-hydrogen) atoms. The predicted octanol–water partition coefficient (Wildman–Crippen LogP) is 3.35. The number of rotatable bonds is 6. The molecule has 0 unspecified atom stereocenters. The van der Waals surface area contributed by atoms with E-state index in [0.29, 0.717) is 12.1 Å². The lowest BCUT2D eigenvalue weighted by molar-refractivity contribution is 0.0992. The average molecular weight is 320 g/mol. The summed E-state index contributed by atoms with van der Waals surface area (Å²) in [5.41, 5.74) is 1.56. The quantitative estimate of drug-likeness (QED) is 0.790. The zero-order valence-electron chi connectivity index (χ0n) is 14.9. The van der Waals surface area contributed by atoms with Crippen LogP contribution < -0.4 is 15.4 Å². The highest BCUT2D eigenvalue weighted by atomic mass is 16.5. The Morgan fingerprint density at radius 2 is 1.83 bits per heavy atom. The van der Waals surface area contributed by atoms with Crippen LogP contribution in [0.3, 0.4) is 0 Å². The van der Waals surface area contributed by atoms with Crippen LogP contribution in [0.25, 0.3) is 0 Å². The van der Waals surface area contributed by atoms with Crippen LogP contribution in [-0.2, 0) is 0 Å². The Balaban J connectivity index is 2.65. The Bertz CT molecular complexity index is 560. The molecule has 0 aromatic heterocycles. The van der Waals surface area contributed by atoms with E-state index in [4.69, 9.17) is 4.74 Å². The topological polar surface area (TPSA) is 67.4 Å². The molecule has 0 spiro atoms.